The Labute approximate surface area is 271 Å². The average Bonchev–Trinajstić information content (AvgIpc) is 3.09. The molecule has 2 amide bonds. The molecule has 0 saturated carbocycles. The summed E-state index contributed by atoms with van der Waals surface area (Å²) in [5.41, 5.74) is 1.78. The molecule has 4 aromatic rings. The van der Waals surface area contributed by atoms with Gasteiger partial charge in [0, 0.05) is 25.1 Å². The highest BCUT2D eigenvalue weighted by atomic mass is 32.2. The highest BCUT2D eigenvalue weighted by Gasteiger charge is 2.36. The molecule has 242 valence electrons. The maximum absolute atomic E-state index is 14.6. The van der Waals surface area contributed by atoms with Gasteiger partial charge in [0.25, 0.3) is 10.0 Å². The summed E-state index contributed by atoms with van der Waals surface area (Å²) in [5, 5.41) is 3.04. The van der Waals surface area contributed by atoms with Crippen molar-refractivity contribution in [3.8, 4) is 11.5 Å². The quantitative estimate of drug-likeness (QED) is 0.185. The molecular weight excluding hydrogens is 602 g/mol. The second-order valence-corrected chi connectivity index (χ2v) is 12.8. The zero-order chi connectivity index (χ0) is 33.1. The first-order valence-corrected chi connectivity index (χ1v) is 16.6. The highest BCUT2D eigenvalue weighted by molar-refractivity contribution is 7.92. The van der Waals surface area contributed by atoms with Crippen LogP contribution >= 0.6 is 0 Å². The van der Waals surface area contributed by atoms with Crippen LogP contribution < -0.4 is 19.1 Å². The monoisotopic (exact) mass is 643 g/mol. The first kappa shape index (κ1) is 34.1. The number of amides is 2. The minimum absolute atomic E-state index is 0.00219. The molecule has 0 aliphatic heterocycles. The molecule has 0 heterocycles. The van der Waals surface area contributed by atoms with Crippen molar-refractivity contribution in [3.05, 3.63) is 120 Å². The number of carbonyl (C=O) groups excluding carboxylic acids is 2. The Morgan fingerprint density at radius 1 is 0.804 bits per heavy atom. The van der Waals surface area contributed by atoms with E-state index in [9.17, 15) is 18.0 Å². The Balaban J connectivity index is 1.85. The van der Waals surface area contributed by atoms with E-state index in [1.165, 1.54) is 37.3 Å². The standard InChI is InChI=1S/C36H41N3O6S/c1-5-27(2)37-36(41)33(23-28-15-9-6-10-16-28)38(25-29-17-11-7-12-18-29)35(40)26-39(46(42,43)31-19-13-8-14-20-31)32-24-30(44-3)21-22-34(32)45-4/h6-22,24,27,33H,5,23,25-26H2,1-4H3,(H,37,41)/t27-,33-/m1/s1. The summed E-state index contributed by atoms with van der Waals surface area (Å²) >= 11 is 0. The van der Waals surface area contributed by atoms with Crippen LogP contribution in [0, 0.1) is 0 Å². The summed E-state index contributed by atoms with van der Waals surface area (Å²) in [7, 11) is -1.39. The lowest BCUT2D eigenvalue weighted by Crippen LogP contribution is -2.54. The van der Waals surface area contributed by atoms with Crippen molar-refractivity contribution in [2.75, 3.05) is 25.1 Å². The largest absolute Gasteiger partial charge is 0.497 e. The molecule has 9 nitrogen and oxygen atoms in total. The highest BCUT2D eigenvalue weighted by Crippen LogP contribution is 2.36. The molecule has 0 fully saturated rings. The smallest absolute Gasteiger partial charge is 0.264 e. The van der Waals surface area contributed by atoms with Gasteiger partial charge in [0.2, 0.25) is 11.8 Å². The Morgan fingerprint density at radius 3 is 1.96 bits per heavy atom. The Morgan fingerprint density at radius 2 is 1.39 bits per heavy atom. The maximum atomic E-state index is 14.6. The molecular formula is C36H41N3O6S. The normalized spacial score (nSPS) is 12.4. The molecule has 4 aromatic carbocycles. The van der Waals surface area contributed by atoms with Crippen molar-refractivity contribution in [2.24, 2.45) is 0 Å². The van der Waals surface area contributed by atoms with Crippen molar-refractivity contribution >= 4 is 27.5 Å². The van der Waals surface area contributed by atoms with E-state index in [0.717, 1.165) is 15.4 Å². The lowest BCUT2D eigenvalue weighted by Gasteiger charge is -2.34. The van der Waals surface area contributed by atoms with Gasteiger partial charge in [-0.1, -0.05) is 85.8 Å². The van der Waals surface area contributed by atoms with Gasteiger partial charge in [0.05, 0.1) is 24.8 Å². The van der Waals surface area contributed by atoms with Crippen LogP contribution in [0.1, 0.15) is 31.4 Å². The zero-order valence-electron chi connectivity index (χ0n) is 26.6. The summed E-state index contributed by atoms with van der Waals surface area (Å²) in [6, 6.07) is 30.4. The van der Waals surface area contributed by atoms with Crippen molar-refractivity contribution in [2.45, 2.75) is 50.2 Å². The number of methoxy groups -OCH3 is 2. The van der Waals surface area contributed by atoms with Gasteiger partial charge < -0.3 is 19.7 Å². The van der Waals surface area contributed by atoms with E-state index in [0.29, 0.717) is 12.2 Å². The third kappa shape index (κ3) is 8.45. The van der Waals surface area contributed by atoms with Crippen molar-refractivity contribution in [3.63, 3.8) is 0 Å². The Hall–Kier alpha value is -4.83. The fraction of sp³-hybridized carbons (Fsp3) is 0.278. The second-order valence-electron chi connectivity index (χ2n) is 10.9. The third-order valence-electron chi connectivity index (χ3n) is 7.73. The maximum Gasteiger partial charge on any atom is 0.264 e. The summed E-state index contributed by atoms with van der Waals surface area (Å²) in [6.07, 6.45) is 0.935. The van der Waals surface area contributed by atoms with Gasteiger partial charge in [-0.25, -0.2) is 8.42 Å². The number of benzene rings is 4. The van der Waals surface area contributed by atoms with Gasteiger partial charge in [-0.3, -0.25) is 13.9 Å². The zero-order valence-corrected chi connectivity index (χ0v) is 27.4. The van der Waals surface area contributed by atoms with Gasteiger partial charge in [-0.05, 0) is 48.7 Å². The van der Waals surface area contributed by atoms with Crippen LogP contribution in [0.4, 0.5) is 5.69 Å². The number of nitrogens with one attached hydrogen (secondary N) is 1. The fourth-order valence-corrected chi connectivity index (χ4v) is 6.44. The number of anilines is 1. The van der Waals surface area contributed by atoms with E-state index in [1.54, 1.807) is 30.3 Å². The molecule has 0 saturated heterocycles. The van der Waals surface area contributed by atoms with Gasteiger partial charge in [-0.2, -0.15) is 0 Å². The lowest BCUT2D eigenvalue weighted by atomic mass is 10.0. The molecule has 1 N–H and O–H groups in total. The SMILES string of the molecule is CC[C@@H](C)NC(=O)[C@@H](Cc1ccccc1)N(Cc1ccccc1)C(=O)CN(c1cc(OC)ccc1OC)S(=O)(=O)c1ccccc1. The third-order valence-corrected chi connectivity index (χ3v) is 9.51. The summed E-state index contributed by atoms with van der Waals surface area (Å²) in [6.45, 7) is 3.36. The number of rotatable bonds is 15. The van der Waals surface area contributed by atoms with Gasteiger partial charge in [0.1, 0.15) is 24.1 Å². The molecule has 0 aromatic heterocycles. The summed E-state index contributed by atoms with van der Waals surface area (Å²) < 4.78 is 40.6. The second kappa shape index (κ2) is 15.9. The minimum atomic E-state index is -4.29. The van der Waals surface area contributed by atoms with Crippen LogP contribution in [0.15, 0.2) is 114 Å². The minimum Gasteiger partial charge on any atom is -0.497 e. The van der Waals surface area contributed by atoms with Crippen LogP contribution in [0.25, 0.3) is 0 Å². The Kier molecular flexibility index (Phi) is 11.8. The first-order chi connectivity index (χ1) is 22.2. The number of carbonyl (C=O) groups is 2. The van der Waals surface area contributed by atoms with E-state index in [4.69, 9.17) is 9.47 Å². The molecule has 10 heteroatoms. The van der Waals surface area contributed by atoms with Gasteiger partial charge in [-0.15, -0.1) is 0 Å². The molecule has 4 rings (SSSR count). The van der Waals surface area contributed by atoms with Gasteiger partial charge >= 0.3 is 0 Å². The summed E-state index contributed by atoms with van der Waals surface area (Å²) in [5.74, 6) is -0.266. The molecule has 46 heavy (non-hydrogen) atoms. The lowest BCUT2D eigenvalue weighted by molar-refractivity contribution is -0.140. The van der Waals surface area contributed by atoms with Crippen molar-refractivity contribution in [1.29, 1.82) is 0 Å². The molecule has 0 spiro atoms. The first-order valence-electron chi connectivity index (χ1n) is 15.1. The molecule has 0 aliphatic carbocycles. The van der Waals surface area contributed by atoms with Crippen LogP contribution in [0.3, 0.4) is 0 Å². The predicted molar refractivity (Wildman–Crippen MR) is 179 cm³/mol. The molecule has 0 aliphatic rings. The van der Waals surface area contributed by atoms with Crippen LogP contribution in [-0.4, -0.2) is 58.0 Å². The van der Waals surface area contributed by atoms with Crippen molar-refractivity contribution in [1.82, 2.24) is 10.2 Å². The average molecular weight is 644 g/mol. The van der Waals surface area contributed by atoms with E-state index in [1.807, 2.05) is 74.5 Å². The number of hydrogen-bond donors (Lipinski definition) is 1. The fourth-order valence-electron chi connectivity index (χ4n) is 5.00. The van der Waals surface area contributed by atoms with Gasteiger partial charge in [0.15, 0.2) is 0 Å². The van der Waals surface area contributed by atoms with Crippen LogP contribution in [0.2, 0.25) is 0 Å². The molecule has 0 radical (unpaired) electrons. The molecule has 2 atom stereocenters. The number of sulfonamides is 1. The van der Waals surface area contributed by atoms with E-state index < -0.39 is 28.5 Å². The predicted octanol–water partition coefficient (Wildman–Crippen LogP) is 5.45. The van der Waals surface area contributed by atoms with Crippen LogP contribution in [-0.2, 0) is 32.6 Å². The van der Waals surface area contributed by atoms with Crippen molar-refractivity contribution < 1.29 is 27.5 Å². The van der Waals surface area contributed by atoms with E-state index in [-0.39, 0.29) is 41.2 Å². The number of nitrogens with zero attached hydrogens (tertiary/aromatic N) is 2. The molecule has 0 bridgehead atoms. The number of ether oxygens (including phenoxy) is 2. The van der Waals surface area contributed by atoms with E-state index in [2.05, 4.69) is 5.32 Å². The van der Waals surface area contributed by atoms with Crippen LogP contribution in [0.5, 0.6) is 11.5 Å². The van der Waals surface area contributed by atoms with E-state index >= 15 is 0 Å². The molecule has 0 unspecified atom stereocenters. The Bertz CT molecular complexity index is 1690. The number of hydrogen-bond acceptors (Lipinski definition) is 6. The summed E-state index contributed by atoms with van der Waals surface area (Å²) in [4.78, 5) is 30.0. The topological polar surface area (TPSA) is 105 Å².